The summed E-state index contributed by atoms with van der Waals surface area (Å²) in [5.74, 6) is 0.195. The zero-order chi connectivity index (χ0) is 22.1. The maximum atomic E-state index is 12.3. The summed E-state index contributed by atoms with van der Waals surface area (Å²) in [7, 11) is 0. The normalized spacial score (nSPS) is 15.2. The molecule has 3 N–H and O–H groups in total. The van der Waals surface area contributed by atoms with Crippen molar-refractivity contribution in [3.63, 3.8) is 0 Å². The van der Waals surface area contributed by atoms with Crippen LogP contribution >= 0.6 is 11.8 Å². The third-order valence-electron chi connectivity index (χ3n) is 5.02. The summed E-state index contributed by atoms with van der Waals surface area (Å²) in [6, 6.07) is 10.3. The number of amides is 1. The highest BCUT2D eigenvalue weighted by molar-refractivity contribution is 7.98. The summed E-state index contributed by atoms with van der Waals surface area (Å²) in [6.45, 7) is 4.53. The topological polar surface area (TPSA) is 88.5 Å². The number of halogens is 1. The van der Waals surface area contributed by atoms with Crippen molar-refractivity contribution in [1.82, 2.24) is 19.9 Å². The summed E-state index contributed by atoms with van der Waals surface area (Å²) in [5.41, 5.74) is 6.24. The Kier molecular flexibility index (Phi) is 8.66. The molecule has 0 atom stereocenters. The minimum Gasteiger partial charge on any atom is -0.364 e. The molecule has 2 saturated heterocycles. The molecule has 0 unspecified atom stereocenters. The maximum absolute atomic E-state index is 12.3. The predicted molar refractivity (Wildman–Crippen MR) is 123 cm³/mol. The maximum Gasteiger partial charge on any atom is 0.269 e. The molecule has 9 heteroatoms. The van der Waals surface area contributed by atoms with Crippen LogP contribution in [0.25, 0.3) is 5.65 Å². The van der Waals surface area contributed by atoms with E-state index in [-0.39, 0.29) is 5.82 Å². The first-order valence-corrected chi connectivity index (χ1v) is 11.7. The summed E-state index contributed by atoms with van der Waals surface area (Å²) >= 11 is 1.54. The van der Waals surface area contributed by atoms with Crippen LogP contribution in [0, 0.1) is 5.82 Å². The first-order valence-electron chi connectivity index (χ1n) is 10.5. The van der Waals surface area contributed by atoms with E-state index >= 15 is 0 Å². The molecule has 3 aromatic rings. The molecule has 0 spiro atoms. The van der Waals surface area contributed by atoms with E-state index in [1.54, 1.807) is 17.8 Å². The number of nitrogens with zero attached hydrogens (tertiary/aromatic N) is 4. The summed E-state index contributed by atoms with van der Waals surface area (Å²) < 4.78 is 13.9. The van der Waals surface area contributed by atoms with Crippen LogP contribution < -0.4 is 16.0 Å². The van der Waals surface area contributed by atoms with E-state index in [1.807, 2.05) is 24.5 Å². The number of primary amides is 1. The highest BCUT2D eigenvalue weighted by Crippen LogP contribution is 2.18. The highest BCUT2D eigenvalue weighted by atomic mass is 32.2. The molecule has 2 aromatic heterocycles. The van der Waals surface area contributed by atoms with E-state index in [2.05, 4.69) is 20.3 Å². The van der Waals surface area contributed by atoms with Gasteiger partial charge in [-0.05, 0) is 75.4 Å². The van der Waals surface area contributed by atoms with Gasteiger partial charge in [0, 0.05) is 18.0 Å². The first kappa shape index (κ1) is 23.0. The number of rotatable bonds is 3. The number of fused-ring (bicyclic) bond motifs is 1. The van der Waals surface area contributed by atoms with Crippen LogP contribution in [0.3, 0.4) is 0 Å². The van der Waals surface area contributed by atoms with Crippen LogP contribution in [0.1, 0.15) is 36.2 Å². The van der Waals surface area contributed by atoms with E-state index in [9.17, 15) is 9.18 Å². The molecule has 1 aromatic carbocycles. The van der Waals surface area contributed by atoms with Crippen molar-refractivity contribution in [2.75, 3.05) is 37.3 Å². The molecular weight excluding hydrogens is 415 g/mol. The van der Waals surface area contributed by atoms with E-state index in [0.717, 1.165) is 23.8 Å². The van der Waals surface area contributed by atoms with E-state index in [4.69, 9.17) is 5.73 Å². The number of carbonyl (C=O) groups excluding carboxylic acids is 1. The molecule has 2 fully saturated rings. The van der Waals surface area contributed by atoms with Crippen molar-refractivity contribution in [2.45, 2.75) is 30.6 Å². The molecule has 31 heavy (non-hydrogen) atoms. The molecule has 2 aliphatic heterocycles. The Morgan fingerprint density at radius 1 is 1.13 bits per heavy atom. The first-order chi connectivity index (χ1) is 15.1. The number of hydrogen-bond acceptors (Lipinski definition) is 6. The molecular formula is C22H29FN6OS. The van der Waals surface area contributed by atoms with E-state index < -0.39 is 5.91 Å². The minimum atomic E-state index is -0.511. The van der Waals surface area contributed by atoms with Crippen LogP contribution in [0.5, 0.6) is 0 Å². The van der Waals surface area contributed by atoms with Crippen LogP contribution in [0.15, 0.2) is 47.5 Å². The van der Waals surface area contributed by atoms with Crippen molar-refractivity contribution >= 4 is 29.1 Å². The van der Waals surface area contributed by atoms with Gasteiger partial charge in [0.05, 0.1) is 6.20 Å². The molecule has 166 valence electrons. The lowest BCUT2D eigenvalue weighted by atomic mass is 10.4. The van der Waals surface area contributed by atoms with Crippen LogP contribution in [0.2, 0.25) is 0 Å². The van der Waals surface area contributed by atoms with Gasteiger partial charge in [-0.1, -0.05) is 6.07 Å². The molecule has 0 aliphatic carbocycles. The molecule has 2 aliphatic rings. The number of imidazole rings is 1. The van der Waals surface area contributed by atoms with Gasteiger partial charge in [0.15, 0.2) is 5.65 Å². The van der Waals surface area contributed by atoms with Gasteiger partial charge < -0.3 is 16.0 Å². The number of nitrogens with two attached hydrogens (primary N) is 1. The van der Waals surface area contributed by atoms with Crippen molar-refractivity contribution < 1.29 is 9.18 Å². The van der Waals surface area contributed by atoms with Gasteiger partial charge in [0.1, 0.15) is 17.3 Å². The fourth-order valence-corrected chi connectivity index (χ4v) is 3.81. The zero-order valence-corrected chi connectivity index (χ0v) is 18.6. The number of thioether (sulfide) groups is 1. The van der Waals surface area contributed by atoms with Crippen LogP contribution in [0.4, 0.5) is 10.2 Å². The highest BCUT2D eigenvalue weighted by Gasteiger charge is 2.16. The van der Waals surface area contributed by atoms with Crippen LogP contribution in [-0.2, 0) is 0 Å². The average molecular weight is 445 g/mol. The lowest BCUT2D eigenvalue weighted by Gasteiger charge is -2.15. The Labute approximate surface area is 186 Å². The third-order valence-corrected chi connectivity index (χ3v) is 5.74. The standard InChI is InChI=1S/C11H13N5O.C7H7FS.C4H9N/c12-11(17)8-7-13-9-3-4-10(14-16(8)9)15-5-1-2-6-15;1-9-7-4-2-3-6(8)5-7;1-2-4-5-3-1/h3-4,7H,1-2,5-6H2,(H2,12,17);2-5H,1H3;5H,1-4H2. The lowest BCUT2D eigenvalue weighted by molar-refractivity contribution is 0.0993. The number of carbonyl (C=O) groups is 1. The van der Waals surface area contributed by atoms with Gasteiger partial charge in [0.25, 0.3) is 5.91 Å². The summed E-state index contributed by atoms with van der Waals surface area (Å²) in [5, 5.41) is 7.64. The number of benzene rings is 1. The second kappa shape index (κ2) is 11.7. The molecule has 0 radical (unpaired) electrons. The fourth-order valence-electron chi connectivity index (χ4n) is 3.37. The van der Waals surface area contributed by atoms with Gasteiger partial charge in [-0.25, -0.2) is 13.9 Å². The minimum absolute atomic E-state index is 0.165. The third kappa shape index (κ3) is 6.67. The van der Waals surface area contributed by atoms with Crippen LogP contribution in [-0.4, -0.2) is 52.9 Å². The largest absolute Gasteiger partial charge is 0.364 e. The smallest absolute Gasteiger partial charge is 0.269 e. The Balaban J connectivity index is 0.000000162. The lowest BCUT2D eigenvalue weighted by Crippen LogP contribution is -2.21. The number of anilines is 1. The molecule has 4 heterocycles. The van der Waals surface area contributed by atoms with Gasteiger partial charge in [-0.3, -0.25) is 4.79 Å². The number of nitrogens with one attached hydrogen (secondary N) is 1. The summed E-state index contributed by atoms with van der Waals surface area (Å²) in [6.07, 6.45) is 8.53. The predicted octanol–water partition coefficient (Wildman–Crippen LogP) is 3.35. The van der Waals surface area contributed by atoms with E-state index in [1.165, 1.54) is 61.6 Å². The van der Waals surface area contributed by atoms with E-state index in [0.29, 0.717) is 11.3 Å². The molecule has 7 nitrogen and oxygen atoms in total. The molecule has 1 amide bonds. The quantitative estimate of drug-likeness (QED) is 0.603. The SMILES string of the molecule is C1CCNC1.CSc1cccc(F)c1.NC(=O)c1cnc2ccc(N3CCCC3)nn12. The van der Waals surface area contributed by atoms with Gasteiger partial charge in [-0.15, -0.1) is 16.9 Å². The molecule has 0 saturated carbocycles. The Hall–Kier alpha value is -2.65. The van der Waals surface area contributed by atoms with Crippen molar-refractivity contribution in [1.29, 1.82) is 0 Å². The second-order valence-corrected chi connectivity index (χ2v) is 8.16. The number of aromatic nitrogens is 3. The molecule has 0 bridgehead atoms. The average Bonchev–Trinajstić information content (AvgIpc) is 3.57. The van der Waals surface area contributed by atoms with Crippen molar-refractivity contribution in [2.24, 2.45) is 5.73 Å². The fraction of sp³-hybridized carbons (Fsp3) is 0.409. The second-order valence-electron chi connectivity index (χ2n) is 7.28. The Bertz CT molecular complexity index is 977. The van der Waals surface area contributed by atoms with Gasteiger partial charge in [-0.2, -0.15) is 0 Å². The Morgan fingerprint density at radius 3 is 2.42 bits per heavy atom. The van der Waals surface area contributed by atoms with Gasteiger partial charge in [0.2, 0.25) is 0 Å². The molecule has 5 rings (SSSR count). The summed E-state index contributed by atoms with van der Waals surface area (Å²) in [4.78, 5) is 18.5. The van der Waals surface area contributed by atoms with Crippen molar-refractivity contribution in [3.8, 4) is 0 Å². The monoisotopic (exact) mass is 444 g/mol. The van der Waals surface area contributed by atoms with Crippen molar-refractivity contribution in [3.05, 3.63) is 54.1 Å². The number of hydrogen-bond donors (Lipinski definition) is 2. The zero-order valence-electron chi connectivity index (χ0n) is 17.8. The van der Waals surface area contributed by atoms with Gasteiger partial charge >= 0.3 is 0 Å². The Morgan fingerprint density at radius 2 is 1.87 bits per heavy atom.